The molecule has 1 fully saturated rings. The lowest BCUT2D eigenvalue weighted by Gasteiger charge is -2.04. The molecule has 2 aromatic rings. The molecule has 2 heterocycles. The highest BCUT2D eigenvalue weighted by Gasteiger charge is 2.38. The molecule has 1 aromatic heterocycles. The predicted octanol–water partition coefficient (Wildman–Crippen LogP) is 4.39. The summed E-state index contributed by atoms with van der Waals surface area (Å²) in [5.41, 5.74) is 2.88. The Balaban J connectivity index is 1.50. The fraction of sp³-hybridized carbons (Fsp3) is 0.333. The van der Waals surface area contributed by atoms with Crippen LogP contribution in [0.25, 0.3) is 0 Å². The average molecular weight is 267 g/mol. The maximum Gasteiger partial charge on any atom is 0.103 e. The van der Waals surface area contributed by atoms with Crippen LogP contribution < -0.4 is 0 Å². The molecule has 2 heteroatoms. The first-order valence-corrected chi connectivity index (χ1v) is 7.37. The molecule has 0 unspecified atom stereocenters. The summed E-state index contributed by atoms with van der Waals surface area (Å²) in [5, 5.41) is 0. The quantitative estimate of drug-likeness (QED) is 0.722. The topological polar surface area (TPSA) is 16.1 Å². The van der Waals surface area contributed by atoms with Crippen LogP contribution >= 0.6 is 0 Å². The van der Waals surface area contributed by atoms with Gasteiger partial charge in [-0.3, -0.25) is 0 Å². The lowest BCUT2D eigenvalue weighted by Crippen LogP contribution is -2.02. The van der Waals surface area contributed by atoms with Gasteiger partial charge in [-0.1, -0.05) is 36.4 Å². The molecule has 0 spiro atoms. The summed E-state index contributed by atoms with van der Waals surface area (Å²) in [6, 6.07) is 15.4. The first-order chi connectivity index (χ1) is 9.88. The number of benzene rings is 1. The first-order valence-electron chi connectivity index (χ1n) is 7.37. The van der Waals surface area contributed by atoms with Gasteiger partial charge in [0, 0.05) is 18.7 Å². The Morgan fingerprint density at radius 3 is 2.70 bits per heavy atom. The van der Waals surface area contributed by atoms with Crippen LogP contribution in [0.5, 0.6) is 0 Å². The third-order valence-corrected chi connectivity index (χ3v) is 3.95. The van der Waals surface area contributed by atoms with Crippen LogP contribution in [-0.2, 0) is 13.0 Å². The fourth-order valence-electron chi connectivity index (χ4n) is 2.87. The van der Waals surface area contributed by atoms with Crippen LogP contribution in [0.2, 0.25) is 0 Å². The number of allylic oxidation sites excluding steroid dienone is 1. The van der Waals surface area contributed by atoms with Crippen LogP contribution in [0.15, 0.2) is 64.9 Å². The molecule has 0 amide bonds. The van der Waals surface area contributed by atoms with Gasteiger partial charge in [0.2, 0.25) is 0 Å². The minimum atomic E-state index is 0.634. The number of rotatable bonds is 6. The SMILES string of the molecule is C/C=C1\[C@@H](CCCc2ccco2)N1Cc1ccccc1. The Labute approximate surface area is 120 Å². The van der Waals surface area contributed by atoms with E-state index in [9.17, 15) is 0 Å². The van der Waals surface area contributed by atoms with E-state index >= 15 is 0 Å². The minimum Gasteiger partial charge on any atom is -0.469 e. The van der Waals surface area contributed by atoms with Crippen LogP contribution in [0.1, 0.15) is 31.1 Å². The van der Waals surface area contributed by atoms with Crippen molar-refractivity contribution in [3.63, 3.8) is 0 Å². The summed E-state index contributed by atoms with van der Waals surface area (Å²) in [7, 11) is 0. The molecule has 1 aromatic carbocycles. The molecule has 104 valence electrons. The number of nitrogens with zero attached hydrogens (tertiary/aromatic N) is 1. The van der Waals surface area contributed by atoms with Crippen molar-refractivity contribution in [1.82, 2.24) is 4.90 Å². The summed E-state index contributed by atoms with van der Waals surface area (Å²) in [6.07, 6.45) is 7.44. The van der Waals surface area contributed by atoms with Gasteiger partial charge in [-0.25, -0.2) is 0 Å². The Kier molecular flexibility index (Phi) is 3.91. The monoisotopic (exact) mass is 267 g/mol. The molecule has 1 aliphatic rings. The lowest BCUT2D eigenvalue weighted by atomic mass is 10.1. The van der Waals surface area contributed by atoms with Gasteiger partial charge in [0.05, 0.1) is 12.3 Å². The molecular formula is C18H21NO. The molecule has 0 radical (unpaired) electrons. The van der Waals surface area contributed by atoms with Crippen molar-refractivity contribution >= 4 is 0 Å². The lowest BCUT2D eigenvalue weighted by molar-refractivity contribution is 0.466. The number of aryl methyl sites for hydroxylation is 1. The summed E-state index contributed by atoms with van der Waals surface area (Å²) >= 11 is 0. The standard InChI is InChI=1S/C18H21NO/c1-2-17-18(12-6-10-16-11-7-13-20-16)19(17)14-15-8-4-3-5-9-15/h2-5,7-9,11,13,18H,6,10,12,14H2,1H3/b17-2+/t18-,19?/m1/s1. The molecule has 2 nitrogen and oxygen atoms in total. The average Bonchev–Trinajstić information content (AvgIpc) is 2.88. The first kappa shape index (κ1) is 13.0. The van der Waals surface area contributed by atoms with Gasteiger partial charge >= 0.3 is 0 Å². The smallest absolute Gasteiger partial charge is 0.103 e. The maximum absolute atomic E-state index is 5.38. The Bertz CT molecular complexity index is 556. The van der Waals surface area contributed by atoms with E-state index in [1.165, 1.54) is 24.1 Å². The fourth-order valence-corrected chi connectivity index (χ4v) is 2.87. The third kappa shape index (κ3) is 2.96. The van der Waals surface area contributed by atoms with Crippen LogP contribution in [0, 0.1) is 0 Å². The van der Waals surface area contributed by atoms with Crippen molar-refractivity contribution in [3.8, 4) is 0 Å². The highest BCUT2D eigenvalue weighted by molar-refractivity contribution is 5.28. The second-order valence-corrected chi connectivity index (χ2v) is 5.31. The van der Waals surface area contributed by atoms with E-state index in [4.69, 9.17) is 4.42 Å². The zero-order chi connectivity index (χ0) is 13.8. The normalized spacial score (nSPS) is 19.6. The summed E-state index contributed by atoms with van der Waals surface area (Å²) in [5.74, 6) is 1.10. The molecule has 0 bridgehead atoms. The number of furan rings is 1. The van der Waals surface area contributed by atoms with Crippen molar-refractivity contribution in [2.24, 2.45) is 0 Å². The highest BCUT2D eigenvalue weighted by Crippen LogP contribution is 2.38. The zero-order valence-corrected chi connectivity index (χ0v) is 12.0. The van der Waals surface area contributed by atoms with Crippen molar-refractivity contribution in [2.75, 3.05) is 0 Å². The van der Waals surface area contributed by atoms with Crippen molar-refractivity contribution in [1.29, 1.82) is 0 Å². The summed E-state index contributed by atoms with van der Waals surface area (Å²) in [4.78, 5) is 2.50. The molecule has 0 N–H and O–H groups in total. The van der Waals surface area contributed by atoms with Crippen LogP contribution in [-0.4, -0.2) is 10.9 Å². The predicted molar refractivity (Wildman–Crippen MR) is 81.2 cm³/mol. The Hall–Kier alpha value is -1.96. The van der Waals surface area contributed by atoms with Gasteiger partial charge in [-0.15, -0.1) is 0 Å². The second-order valence-electron chi connectivity index (χ2n) is 5.31. The largest absolute Gasteiger partial charge is 0.469 e. The van der Waals surface area contributed by atoms with Crippen molar-refractivity contribution < 1.29 is 4.42 Å². The number of hydrogen-bond donors (Lipinski definition) is 0. The Morgan fingerprint density at radius 2 is 2.00 bits per heavy atom. The zero-order valence-electron chi connectivity index (χ0n) is 12.0. The Morgan fingerprint density at radius 1 is 1.15 bits per heavy atom. The summed E-state index contributed by atoms with van der Waals surface area (Å²) in [6.45, 7) is 3.17. The molecule has 20 heavy (non-hydrogen) atoms. The van der Waals surface area contributed by atoms with Crippen molar-refractivity contribution in [2.45, 2.75) is 38.8 Å². The van der Waals surface area contributed by atoms with E-state index in [0.717, 1.165) is 18.7 Å². The van der Waals surface area contributed by atoms with Gasteiger partial charge in [-0.05, 0) is 37.5 Å². The van der Waals surface area contributed by atoms with E-state index in [1.807, 2.05) is 6.07 Å². The van der Waals surface area contributed by atoms with Crippen molar-refractivity contribution in [3.05, 3.63) is 71.8 Å². The van der Waals surface area contributed by atoms with Gasteiger partial charge in [0.25, 0.3) is 0 Å². The van der Waals surface area contributed by atoms with Crippen LogP contribution in [0.3, 0.4) is 0 Å². The van der Waals surface area contributed by atoms with E-state index < -0.39 is 0 Å². The molecule has 1 saturated heterocycles. The van der Waals surface area contributed by atoms with Gasteiger partial charge in [0.15, 0.2) is 0 Å². The van der Waals surface area contributed by atoms with Gasteiger partial charge < -0.3 is 9.32 Å². The second kappa shape index (κ2) is 6.00. The molecule has 0 aliphatic carbocycles. The summed E-state index contributed by atoms with van der Waals surface area (Å²) < 4.78 is 5.38. The minimum absolute atomic E-state index is 0.634. The maximum atomic E-state index is 5.38. The highest BCUT2D eigenvalue weighted by atomic mass is 16.3. The van der Waals surface area contributed by atoms with E-state index in [0.29, 0.717) is 6.04 Å². The molecule has 1 atom stereocenters. The number of hydrogen-bond acceptors (Lipinski definition) is 2. The van der Waals surface area contributed by atoms with Gasteiger partial charge in [0.1, 0.15) is 5.76 Å². The van der Waals surface area contributed by atoms with Gasteiger partial charge in [-0.2, -0.15) is 0 Å². The molecular weight excluding hydrogens is 246 g/mol. The third-order valence-electron chi connectivity index (χ3n) is 3.95. The van der Waals surface area contributed by atoms with E-state index in [2.05, 4.69) is 54.3 Å². The molecule has 0 saturated carbocycles. The van der Waals surface area contributed by atoms with E-state index in [1.54, 1.807) is 6.26 Å². The molecule has 3 rings (SSSR count). The van der Waals surface area contributed by atoms with Crippen LogP contribution in [0.4, 0.5) is 0 Å². The van der Waals surface area contributed by atoms with E-state index in [-0.39, 0.29) is 0 Å². The molecule has 1 aliphatic heterocycles.